The first-order valence-corrected chi connectivity index (χ1v) is 6.63. The predicted molar refractivity (Wildman–Crippen MR) is 71.5 cm³/mol. The summed E-state index contributed by atoms with van der Waals surface area (Å²) in [4.78, 5) is 2.13. The van der Waals surface area contributed by atoms with Gasteiger partial charge >= 0.3 is 0 Å². The van der Waals surface area contributed by atoms with E-state index in [0.29, 0.717) is 12.6 Å². The Morgan fingerprint density at radius 1 is 1.53 bits per heavy atom. The smallest absolute Gasteiger partial charge is 0.0871 e. The van der Waals surface area contributed by atoms with Gasteiger partial charge in [-0.15, -0.1) is 0 Å². The van der Waals surface area contributed by atoms with Crippen LogP contribution in [0.5, 0.6) is 0 Å². The van der Waals surface area contributed by atoms with Crippen molar-refractivity contribution in [2.75, 3.05) is 6.54 Å². The van der Waals surface area contributed by atoms with Gasteiger partial charge in [-0.05, 0) is 43.6 Å². The molecule has 1 heterocycles. The Hall–Kier alpha value is -0.860. The second-order valence-corrected chi connectivity index (χ2v) is 5.11. The summed E-state index contributed by atoms with van der Waals surface area (Å²) in [5.41, 5.74) is 2.15. The molecule has 1 aromatic rings. The van der Waals surface area contributed by atoms with Crippen molar-refractivity contribution in [1.82, 2.24) is 14.7 Å². The highest BCUT2D eigenvalue weighted by molar-refractivity contribution is 9.10. The molecule has 0 fully saturated rings. The fourth-order valence-corrected chi connectivity index (χ4v) is 2.13. The highest BCUT2D eigenvalue weighted by Crippen LogP contribution is 2.23. The van der Waals surface area contributed by atoms with Crippen LogP contribution in [-0.2, 0) is 13.1 Å². The van der Waals surface area contributed by atoms with Gasteiger partial charge < -0.3 is 0 Å². The van der Waals surface area contributed by atoms with Gasteiger partial charge in [0.1, 0.15) is 0 Å². The molecule has 0 aromatic carbocycles. The van der Waals surface area contributed by atoms with Crippen molar-refractivity contribution in [3.63, 3.8) is 0 Å². The lowest BCUT2D eigenvalue weighted by molar-refractivity contribution is 0.232. The third kappa shape index (κ3) is 3.30. The van der Waals surface area contributed by atoms with Crippen molar-refractivity contribution in [2.45, 2.75) is 46.8 Å². The molecule has 1 aromatic heterocycles. The number of aromatic nitrogens is 2. The van der Waals surface area contributed by atoms with Crippen molar-refractivity contribution < 1.29 is 0 Å². The van der Waals surface area contributed by atoms with E-state index in [-0.39, 0.29) is 0 Å². The fraction of sp³-hybridized carbons (Fsp3) is 0.667. The van der Waals surface area contributed by atoms with E-state index in [2.05, 4.69) is 52.8 Å². The van der Waals surface area contributed by atoms with E-state index < -0.39 is 0 Å². The molecule has 4 nitrogen and oxygen atoms in total. The van der Waals surface area contributed by atoms with Gasteiger partial charge in [0.15, 0.2) is 0 Å². The third-order valence-corrected chi connectivity index (χ3v) is 3.84. The normalized spacial score (nSPS) is 11.2. The van der Waals surface area contributed by atoms with Gasteiger partial charge in [-0.3, -0.25) is 9.58 Å². The minimum atomic E-state index is 0.349. The quantitative estimate of drug-likeness (QED) is 0.785. The summed E-state index contributed by atoms with van der Waals surface area (Å²) >= 11 is 3.58. The van der Waals surface area contributed by atoms with Crippen LogP contribution in [-0.4, -0.2) is 27.3 Å². The molecule has 0 saturated heterocycles. The lowest BCUT2D eigenvalue weighted by atomic mass is 10.2. The van der Waals surface area contributed by atoms with Crippen LogP contribution in [0.3, 0.4) is 0 Å². The Bertz CT molecular complexity index is 417. The molecule has 0 spiro atoms. The van der Waals surface area contributed by atoms with Crippen LogP contribution in [0.1, 0.15) is 32.2 Å². The predicted octanol–water partition coefficient (Wildman–Crippen LogP) is 2.71. The van der Waals surface area contributed by atoms with Crippen molar-refractivity contribution in [3.05, 3.63) is 15.9 Å². The Morgan fingerprint density at radius 2 is 2.18 bits per heavy atom. The summed E-state index contributed by atoms with van der Waals surface area (Å²) in [5, 5.41) is 13.3. The van der Waals surface area contributed by atoms with Crippen LogP contribution >= 0.6 is 15.9 Å². The van der Waals surface area contributed by atoms with Crippen LogP contribution in [0.4, 0.5) is 0 Å². The molecule has 0 radical (unpaired) electrons. The summed E-state index contributed by atoms with van der Waals surface area (Å²) in [6.45, 7) is 10.3. The highest BCUT2D eigenvalue weighted by Gasteiger charge is 2.17. The number of nitriles is 1. The fourth-order valence-electron chi connectivity index (χ4n) is 1.72. The lowest BCUT2D eigenvalue weighted by Crippen LogP contribution is -2.31. The molecule has 0 aliphatic rings. The molecule has 0 N–H and O–H groups in total. The van der Waals surface area contributed by atoms with E-state index >= 15 is 0 Å². The molecular formula is C12H19BrN4. The maximum Gasteiger partial charge on any atom is 0.0871 e. The van der Waals surface area contributed by atoms with E-state index in [0.717, 1.165) is 29.0 Å². The van der Waals surface area contributed by atoms with Crippen LogP contribution < -0.4 is 0 Å². The first-order chi connectivity index (χ1) is 8.01. The SMILES string of the molecule is CCn1nc(C)c(Br)c1CN(CC#N)C(C)C. The number of halogens is 1. The average Bonchev–Trinajstić information content (AvgIpc) is 2.55. The van der Waals surface area contributed by atoms with Crippen LogP contribution in [0.15, 0.2) is 4.47 Å². The first kappa shape index (κ1) is 14.2. The minimum Gasteiger partial charge on any atom is -0.282 e. The Kier molecular flexibility index (Phi) is 5.16. The zero-order valence-corrected chi connectivity index (χ0v) is 12.5. The van der Waals surface area contributed by atoms with Gasteiger partial charge in [-0.2, -0.15) is 10.4 Å². The summed E-state index contributed by atoms with van der Waals surface area (Å²) < 4.78 is 3.05. The van der Waals surface area contributed by atoms with Crippen molar-refractivity contribution in [2.24, 2.45) is 0 Å². The minimum absolute atomic E-state index is 0.349. The van der Waals surface area contributed by atoms with Gasteiger partial charge in [0.05, 0.1) is 28.5 Å². The first-order valence-electron chi connectivity index (χ1n) is 5.84. The molecule has 0 bridgehead atoms. The number of hydrogen-bond acceptors (Lipinski definition) is 3. The Balaban J connectivity index is 2.96. The van der Waals surface area contributed by atoms with E-state index in [4.69, 9.17) is 5.26 Å². The molecule has 94 valence electrons. The highest BCUT2D eigenvalue weighted by atomic mass is 79.9. The number of nitrogens with zero attached hydrogens (tertiary/aromatic N) is 4. The maximum atomic E-state index is 8.84. The molecule has 0 unspecified atom stereocenters. The van der Waals surface area contributed by atoms with Gasteiger partial charge in [-0.1, -0.05) is 0 Å². The molecule has 0 amide bonds. The molecule has 17 heavy (non-hydrogen) atoms. The van der Waals surface area contributed by atoms with Crippen LogP contribution in [0.25, 0.3) is 0 Å². The topological polar surface area (TPSA) is 44.9 Å². The summed E-state index contributed by atoms with van der Waals surface area (Å²) in [7, 11) is 0. The number of aryl methyl sites for hydroxylation is 2. The van der Waals surface area contributed by atoms with E-state index in [1.807, 2.05) is 11.6 Å². The molecule has 0 aliphatic heterocycles. The van der Waals surface area contributed by atoms with E-state index in [1.165, 1.54) is 0 Å². The second-order valence-electron chi connectivity index (χ2n) is 4.32. The second kappa shape index (κ2) is 6.18. The number of rotatable bonds is 5. The molecule has 5 heteroatoms. The van der Waals surface area contributed by atoms with Crippen molar-refractivity contribution >= 4 is 15.9 Å². The van der Waals surface area contributed by atoms with Gasteiger partial charge in [-0.25, -0.2) is 0 Å². The summed E-state index contributed by atoms with van der Waals surface area (Å²) in [5.74, 6) is 0. The standard InChI is InChI=1S/C12H19BrN4/c1-5-17-11(12(13)10(4)15-17)8-16(7-6-14)9(2)3/h9H,5,7-8H2,1-4H3. The number of hydrogen-bond donors (Lipinski definition) is 0. The monoisotopic (exact) mass is 298 g/mol. The van der Waals surface area contributed by atoms with Crippen LogP contribution in [0.2, 0.25) is 0 Å². The zero-order chi connectivity index (χ0) is 13.0. The van der Waals surface area contributed by atoms with Crippen molar-refractivity contribution in [3.8, 4) is 6.07 Å². The third-order valence-electron chi connectivity index (χ3n) is 2.81. The summed E-state index contributed by atoms with van der Waals surface area (Å²) in [6.07, 6.45) is 0. The molecule has 0 atom stereocenters. The Morgan fingerprint density at radius 3 is 2.65 bits per heavy atom. The average molecular weight is 299 g/mol. The molecular weight excluding hydrogens is 280 g/mol. The maximum absolute atomic E-state index is 8.84. The lowest BCUT2D eigenvalue weighted by Gasteiger charge is -2.23. The van der Waals surface area contributed by atoms with E-state index in [9.17, 15) is 0 Å². The van der Waals surface area contributed by atoms with Gasteiger partial charge in [0.25, 0.3) is 0 Å². The molecule has 0 aliphatic carbocycles. The van der Waals surface area contributed by atoms with Gasteiger partial charge in [0, 0.05) is 19.1 Å². The van der Waals surface area contributed by atoms with Gasteiger partial charge in [0.2, 0.25) is 0 Å². The Labute approximate surface area is 111 Å². The molecule has 0 saturated carbocycles. The van der Waals surface area contributed by atoms with Crippen LogP contribution in [0, 0.1) is 18.3 Å². The zero-order valence-electron chi connectivity index (χ0n) is 10.9. The van der Waals surface area contributed by atoms with E-state index in [1.54, 1.807) is 0 Å². The molecule has 1 rings (SSSR count). The summed E-state index contributed by atoms with van der Waals surface area (Å²) in [6, 6.07) is 2.56. The van der Waals surface area contributed by atoms with Crippen molar-refractivity contribution in [1.29, 1.82) is 5.26 Å². The largest absolute Gasteiger partial charge is 0.282 e.